The van der Waals surface area contributed by atoms with E-state index >= 15 is 0 Å². The monoisotopic (exact) mass is 1220 g/mol. The highest BCUT2D eigenvalue weighted by molar-refractivity contribution is 7.90. The molecule has 6 aromatic rings. The van der Waals surface area contributed by atoms with Crippen molar-refractivity contribution in [2.75, 3.05) is 36.9 Å². The highest BCUT2D eigenvalue weighted by Gasteiger charge is 2.31. The van der Waals surface area contributed by atoms with Gasteiger partial charge in [-0.15, -0.1) is 10.2 Å². The topological polar surface area (TPSA) is 290 Å². The number of pyridine rings is 4. The van der Waals surface area contributed by atoms with E-state index < -0.39 is 31.9 Å². The Labute approximate surface area is 498 Å². The number of nitrogens with zero attached hydrogens (tertiary/aromatic N) is 8. The molecule has 0 aromatic carbocycles. The fourth-order valence-electron chi connectivity index (χ4n) is 9.47. The van der Waals surface area contributed by atoms with E-state index in [4.69, 9.17) is 42.9 Å². The predicted molar refractivity (Wildman–Crippen MR) is 322 cm³/mol. The maximum atomic E-state index is 13.0. The van der Waals surface area contributed by atoms with Gasteiger partial charge in [0.1, 0.15) is 21.9 Å². The average Bonchev–Trinajstić information content (AvgIpc) is 4.40. The third kappa shape index (κ3) is 21.3. The van der Waals surface area contributed by atoms with Crippen LogP contribution in [0.25, 0.3) is 11.6 Å². The van der Waals surface area contributed by atoms with Gasteiger partial charge in [-0.3, -0.25) is 4.79 Å². The van der Waals surface area contributed by atoms with Crippen LogP contribution in [-0.2, 0) is 20.0 Å². The number of carboxylic acids is 1. The molecule has 2 saturated carbocycles. The lowest BCUT2D eigenvalue weighted by Crippen LogP contribution is -2.31. The molecule has 2 aliphatic rings. The van der Waals surface area contributed by atoms with Crippen molar-refractivity contribution < 1.29 is 41.0 Å². The van der Waals surface area contributed by atoms with E-state index in [0.29, 0.717) is 65.6 Å². The first-order valence-corrected chi connectivity index (χ1v) is 31.5. The van der Waals surface area contributed by atoms with Crippen molar-refractivity contribution in [3.05, 3.63) is 107 Å². The van der Waals surface area contributed by atoms with Gasteiger partial charge in [0.05, 0.1) is 24.3 Å². The van der Waals surface area contributed by atoms with Gasteiger partial charge in [-0.25, -0.2) is 52.4 Å². The normalized spacial score (nSPS) is 16.6. The number of carbonyl (C=O) groups is 2. The summed E-state index contributed by atoms with van der Waals surface area (Å²) in [6.07, 6.45) is 15.5. The predicted octanol–water partition coefficient (Wildman–Crippen LogP) is 11.7. The number of hydrogen-bond acceptors (Lipinski definition) is 16. The molecule has 6 heterocycles. The first-order valence-electron chi connectivity index (χ1n) is 27.7. The van der Waals surface area contributed by atoms with Crippen LogP contribution >= 0.6 is 23.2 Å². The first-order chi connectivity index (χ1) is 38.7. The average molecular weight is 1220 g/mol. The van der Waals surface area contributed by atoms with E-state index in [1.165, 1.54) is 90.7 Å². The highest BCUT2D eigenvalue weighted by Crippen LogP contribution is 2.43. The molecule has 6 aromatic heterocycles. The summed E-state index contributed by atoms with van der Waals surface area (Å²) >= 11 is 12.1. The summed E-state index contributed by atoms with van der Waals surface area (Å²) in [6, 6.07) is 18.7. The molecule has 83 heavy (non-hydrogen) atoms. The van der Waals surface area contributed by atoms with E-state index in [2.05, 4.69) is 110 Å². The van der Waals surface area contributed by atoms with Gasteiger partial charge >= 0.3 is 5.97 Å². The smallest absolute Gasteiger partial charge is 0.338 e. The van der Waals surface area contributed by atoms with Crippen molar-refractivity contribution in [3.63, 3.8) is 0 Å². The number of ether oxygens (including phenoxy) is 2. The second kappa shape index (κ2) is 28.0. The van der Waals surface area contributed by atoms with E-state index in [9.17, 15) is 26.4 Å². The molecule has 0 unspecified atom stereocenters. The van der Waals surface area contributed by atoms with Crippen molar-refractivity contribution in [3.8, 4) is 23.4 Å². The number of rotatable bonds is 21. The third-order valence-corrected chi connectivity index (χ3v) is 16.2. The van der Waals surface area contributed by atoms with Crippen LogP contribution in [-0.4, -0.2) is 99.6 Å². The number of primary sulfonamides is 1. The summed E-state index contributed by atoms with van der Waals surface area (Å²) < 4.78 is 64.6. The first kappa shape index (κ1) is 65.7. The van der Waals surface area contributed by atoms with Gasteiger partial charge in [-0.05, 0) is 146 Å². The zero-order valence-electron chi connectivity index (χ0n) is 49.1. The molecule has 0 radical (unpaired) electrons. The number of hydrogen-bond donors (Lipinski definition) is 5. The van der Waals surface area contributed by atoms with Gasteiger partial charge in [0.25, 0.3) is 26.0 Å². The number of nitrogens with one attached hydrogen (secondary N) is 3. The third-order valence-electron chi connectivity index (χ3n) is 13.6. The van der Waals surface area contributed by atoms with Crippen LogP contribution < -0.4 is 30.0 Å². The Morgan fingerprint density at radius 1 is 0.651 bits per heavy atom. The molecule has 2 atom stereocenters. The number of amides is 1. The van der Waals surface area contributed by atoms with Crippen molar-refractivity contribution in [1.82, 2.24) is 44.2 Å². The quantitative estimate of drug-likeness (QED) is 0.0330. The lowest BCUT2D eigenvalue weighted by molar-refractivity contribution is 0.0696. The van der Waals surface area contributed by atoms with Crippen LogP contribution in [0.15, 0.2) is 95.2 Å². The molecule has 25 heteroatoms. The van der Waals surface area contributed by atoms with Crippen LogP contribution in [0.1, 0.15) is 154 Å². The minimum absolute atomic E-state index is 0.0273. The van der Waals surface area contributed by atoms with Gasteiger partial charge in [0.2, 0.25) is 11.8 Å². The van der Waals surface area contributed by atoms with Crippen LogP contribution in [0.5, 0.6) is 11.8 Å². The molecule has 2 aliphatic carbocycles. The molecule has 0 aliphatic heterocycles. The highest BCUT2D eigenvalue weighted by atomic mass is 35.5. The van der Waals surface area contributed by atoms with Crippen molar-refractivity contribution in [1.29, 1.82) is 0 Å². The zero-order valence-corrected chi connectivity index (χ0v) is 52.2. The summed E-state index contributed by atoms with van der Waals surface area (Å²) in [6.45, 7) is 24.2. The van der Waals surface area contributed by atoms with Crippen LogP contribution in [0, 0.1) is 33.5 Å². The molecule has 0 spiro atoms. The summed E-state index contributed by atoms with van der Waals surface area (Å²) in [5.74, 6) is 2.20. The largest absolute Gasteiger partial charge is 0.478 e. The van der Waals surface area contributed by atoms with Crippen molar-refractivity contribution >= 4 is 66.8 Å². The second-order valence-corrected chi connectivity index (χ2v) is 29.0. The SMILES string of the molecule is CC(C)(C)COc1ccn(-c2ccc(C(=O)NS(=O)(=O)c3cccc(NCCC[C@@H]4CCC(C)(C)C4)n3)c(Cl)n2)n1.CC(C)(C)COc1ccn(-c2ccc(C(=O)O)c(Cl)n2)n1.CC1(C)CC[C@@H](CCCNc2cccc(S(N)(=O)=O)n2)C1. The maximum absolute atomic E-state index is 13.0. The number of carbonyl (C=O) groups excluding carboxylic acids is 1. The van der Waals surface area contributed by atoms with Gasteiger partial charge in [-0.1, -0.05) is 105 Å². The maximum Gasteiger partial charge on any atom is 0.338 e. The lowest BCUT2D eigenvalue weighted by Gasteiger charge is -2.17. The molecule has 8 rings (SSSR count). The Bertz CT molecular complexity index is 3400. The standard InChI is InChI=1S/C29H39ClN6O4S.C15H25N3O2S.C14H16ClN3O3/c1-28(2,3)19-40-24-14-17-36(34-24)23-12-11-21(26(30)33-23)27(37)35-41(38,39)25-10-6-9-22(32-25)31-16-7-8-20-13-15-29(4,5)18-20;1-15(2)9-8-12(11-15)5-4-10-17-13-6-3-7-14(18-13)21(16,19)20;1-14(2,3)8-21-11-6-7-18(17-11)10-5-4-9(13(19)20)12(15)16-10/h6,9-12,14,17,20H,7-8,13,15-16,18-19H2,1-5H3,(H,31,32)(H,35,37);3,6-7,12H,4-5,8-11H2,1-2H3,(H,17,18)(H2,16,19,20);4-7H,8H2,1-3H3,(H,19,20)/t20-;12-;/m11./s1. The molecule has 2 fully saturated rings. The number of aromatic carboxylic acids is 1. The van der Waals surface area contributed by atoms with E-state index in [-0.39, 0.29) is 42.3 Å². The fourth-order valence-corrected chi connectivity index (χ4v) is 11.4. The van der Waals surface area contributed by atoms with E-state index in [1.54, 1.807) is 48.8 Å². The zero-order chi connectivity index (χ0) is 61.0. The summed E-state index contributed by atoms with van der Waals surface area (Å²) in [7, 11) is -7.99. The second-order valence-electron chi connectivity index (χ2n) is 25.1. The number of anilines is 2. The molecule has 6 N–H and O–H groups in total. The molecule has 21 nitrogen and oxygen atoms in total. The molecular formula is C58H80Cl2N12O9S2. The van der Waals surface area contributed by atoms with E-state index in [0.717, 1.165) is 37.6 Å². The molecule has 1 amide bonds. The van der Waals surface area contributed by atoms with Crippen molar-refractivity contribution in [2.45, 2.75) is 143 Å². The number of sulfonamides is 2. The van der Waals surface area contributed by atoms with Crippen LogP contribution in [0.4, 0.5) is 11.6 Å². The lowest BCUT2D eigenvalue weighted by atomic mass is 9.89. The Morgan fingerprint density at radius 3 is 1.48 bits per heavy atom. The number of halogens is 2. The minimum Gasteiger partial charge on any atom is -0.478 e. The van der Waals surface area contributed by atoms with Crippen LogP contribution in [0.2, 0.25) is 10.3 Å². The summed E-state index contributed by atoms with van der Waals surface area (Å²) in [5.41, 5.74) is 0.801. The van der Waals surface area contributed by atoms with Crippen LogP contribution in [0.3, 0.4) is 0 Å². The Kier molecular flexibility index (Phi) is 22.2. The van der Waals surface area contributed by atoms with Gasteiger partial charge < -0.3 is 25.2 Å². The minimum atomic E-state index is -4.25. The van der Waals surface area contributed by atoms with Gasteiger partial charge in [0.15, 0.2) is 21.7 Å². The summed E-state index contributed by atoms with van der Waals surface area (Å²) in [4.78, 5) is 40.2. The molecule has 0 bridgehead atoms. The number of nitrogens with two attached hydrogens (primary N) is 1. The number of aromatic nitrogens is 8. The Hall–Kier alpha value is -6.40. The fraction of sp³-hybridized carbons (Fsp3) is 0.517. The molecule has 452 valence electrons. The van der Waals surface area contributed by atoms with E-state index in [1.807, 2.05) is 4.72 Å². The Balaban J connectivity index is 0.000000221. The summed E-state index contributed by atoms with van der Waals surface area (Å²) in [5, 5.41) is 28.3. The molecular weight excluding hydrogens is 1140 g/mol. The Morgan fingerprint density at radius 2 is 1.08 bits per heavy atom. The number of carboxylic acid groups (broad SMARTS) is 1. The van der Waals surface area contributed by atoms with Gasteiger partial charge in [-0.2, -0.15) is 8.42 Å². The van der Waals surface area contributed by atoms with Crippen molar-refractivity contribution in [2.24, 2.45) is 38.6 Å². The van der Waals surface area contributed by atoms with Gasteiger partial charge in [0, 0.05) is 37.6 Å². The molecule has 0 saturated heterocycles.